The molecule has 1 N–H and O–H groups in total. The van der Waals surface area contributed by atoms with E-state index in [4.69, 9.17) is 0 Å². The van der Waals surface area contributed by atoms with Gasteiger partial charge in [-0.3, -0.25) is 14.4 Å². The molecule has 28 heavy (non-hydrogen) atoms. The van der Waals surface area contributed by atoms with Gasteiger partial charge in [-0.15, -0.1) is 0 Å². The Morgan fingerprint density at radius 2 is 1.79 bits per heavy atom. The summed E-state index contributed by atoms with van der Waals surface area (Å²) in [5, 5.41) is 2.60. The number of hydrogen-bond donors (Lipinski definition) is 1. The summed E-state index contributed by atoms with van der Waals surface area (Å²) < 4.78 is 15.0. The van der Waals surface area contributed by atoms with E-state index in [2.05, 4.69) is 35.1 Å². The van der Waals surface area contributed by atoms with E-state index in [0.29, 0.717) is 24.9 Å². The van der Waals surface area contributed by atoms with E-state index < -0.39 is 17.6 Å². The molecule has 6 nitrogen and oxygen atoms in total. The summed E-state index contributed by atoms with van der Waals surface area (Å²) in [7, 11) is 3.23. The molecule has 0 saturated carbocycles. The number of hydrogen-bond acceptors (Lipinski definition) is 3. The van der Waals surface area contributed by atoms with Crippen molar-refractivity contribution in [2.24, 2.45) is 11.8 Å². The molecule has 0 unspecified atom stereocenters. The lowest BCUT2D eigenvalue weighted by Crippen LogP contribution is -2.43. The lowest BCUT2D eigenvalue weighted by molar-refractivity contribution is -0.130. The van der Waals surface area contributed by atoms with E-state index in [0.717, 1.165) is 6.42 Å². The average Bonchev–Trinajstić information content (AvgIpc) is 2.61. The van der Waals surface area contributed by atoms with Crippen LogP contribution in [-0.4, -0.2) is 54.7 Å². The van der Waals surface area contributed by atoms with Crippen LogP contribution in [0, 0.1) is 17.7 Å². The number of carbonyl (C=O) groups excluding carboxylic acids is 3. The maximum Gasteiger partial charge on any atom is 0.259 e. The van der Waals surface area contributed by atoms with Crippen molar-refractivity contribution in [3.05, 3.63) is 28.0 Å². The van der Waals surface area contributed by atoms with Crippen molar-refractivity contribution in [1.29, 1.82) is 0 Å². The molecule has 1 fully saturated rings. The highest BCUT2D eigenvalue weighted by molar-refractivity contribution is 9.10. The van der Waals surface area contributed by atoms with Crippen LogP contribution >= 0.6 is 15.9 Å². The molecular weight excluding hydrogens is 429 g/mol. The predicted molar refractivity (Wildman–Crippen MR) is 110 cm³/mol. The van der Waals surface area contributed by atoms with Gasteiger partial charge in [0.25, 0.3) is 5.91 Å². The summed E-state index contributed by atoms with van der Waals surface area (Å²) in [4.78, 5) is 40.0. The van der Waals surface area contributed by atoms with Crippen LogP contribution in [-0.2, 0) is 9.59 Å². The normalized spacial score (nSPS) is 19.3. The summed E-state index contributed by atoms with van der Waals surface area (Å²) in [6.07, 6.45) is 1.02. The number of nitrogens with zero attached hydrogens (tertiary/aromatic N) is 2. The SMILES string of the molecule is C[C@@H]1C[C@H](C)CN(C(=O)c2c(NC(=O)CCC(=O)N(C)C)ccc(Br)c2F)C1. The molecular formula is C20H27BrFN3O3. The minimum Gasteiger partial charge on any atom is -0.349 e. The van der Waals surface area contributed by atoms with E-state index >= 15 is 0 Å². The molecule has 1 heterocycles. The van der Waals surface area contributed by atoms with Crippen LogP contribution in [0.2, 0.25) is 0 Å². The van der Waals surface area contributed by atoms with E-state index in [9.17, 15) is 18.8 Å². The van der Waals surface area contributed by atoms with Gasteiger partial charge >= 0.3 is 0 Å². The van der Waals surface area contributed by atoms with Crippen molar-refractivity contribution >= 4 is 39.3 Å². The number of piperidine rings is 1. The van der Waals surface area contributed by atoms with Crippen molar-refractivity contribution in [2.45, 2.75) is 33.1 Å². The maximum atomic E-state index is 14.8. The second-order valence-corrected chi connectivity index (χ2v) is 8.63. The quantitative estimate of drug-likeness (QED) is 0.738. The molecule has 1 aromatic carbocycles. The first-order chi connectivity index (χ1) is 13.1. The summed E-state index contributed by atoms with van der Waals surface area (Å²) in [6.45, 7) is 5.25. The van der Waals surface area contributed by atoms with Crippen LogP contribution < -0.4 is 5.32 Å². The zero-order valence-corrected chi connectivity index (χ0v) is 18.3. The van der Waals surface area contributed by atoms with Crippen LogP contribution in [0.5, 0.6) is 0 Å². The van der Waals surface area contributed by atoms with Gasteiger partial charge in [-0.2, -0.15) is 0 Å². The standard InChI is InChI=1S/C20H27BrFN3O3/c1-12-9-13(2)11-25(10-12)20(28)18-15(6-5-14(21)19(18)22)23-16(26)7-8-17(27)24(3)4/h5-6,12-13H,7-11H2,1-4H3,(H,23,26)/t12-,13+. The Labute approximate surface area is 173 Å². The number of halogens is 2. The van der Waals surface area contributed by atoms with E-state index in [1.165, 1.54) is 17.0 Å². The first kappa shape index (κ1) is 22.3. The van der Waals surface area contributed by atoms with Crippen molar-refractivity contribution in [3.8, 4) is 0 Å². The summed E-state index contributed by atoms with van der Waals surface area (Å²) in [5.41, 5.74) is -0.0261. The molecule has 0 radical (unpaired) electrons. The molecule has 0 bridgehead atoms. The van der Waals surface area contributed by atoms with E-state index in [1.54, 1.807) is 19.0 Å². The van der Waals surface area contributed by atoms with Crippen molar-refractivity contribution in [1.82, 2.24) is 9.80 Å². The van der Waals surface area contributed by atoms with Crippen LogP contribution in [0.3, 0.4) is 0 Å². The second kappa shape index (κ2) is 9.49. The molecule has 2 atom stereocenters. The fourth-order valence-electron chi connectivity index (χ4n) is 3.51. The Balaban J connectivity index is 2.22. The summed E-state index contributed by atoms with van der Waals surface area (Å²) in [6, 6.07) is 2.96. The third kappa shape index (κ3) is 5.53. The summed E-state index contributed by atoms with van der Waals surface area (Å²) in [5.74, 6) is -1.08. The Morgan fingerprint density at radius 1 is 1.18 bits per heavy atom. The van der Waals surface area contributed by atoms with Gasteiger partial charge in [0.15, 0.2) is 5.82 Å². The number of carbonyl (C=O) groups is 3. The number of amides is 3. The second-order valence-electron chi connectivity index (χ2n) is 7.78. The minimum absolute atomic E-state index is 0.0416. The van der Waals surface area contributed by atoms with Gasteiger partial charge in [0.05, 0.1) is 15.7 Å². The third-order valence-electron chi connectivity index (χ3n) is 4.80. The van der Waals surface area contributed by atoms with Crippen LogP contribution in [0.4, 0.5) is 10.1 Å². The molecule has 1 aliphatic rings. The van der Waals surface area contributed by atoms with Crippen molar-refractivity contribution in [3.63, 3.8) is 0 Å². The van der Waals surface area contributed by atoms with Gasteiger partial charge in [-0.1, -0.05) is 13.8 Å². The number of rotatable bonds is 5. The predicted octanol–water partition coefficient (Wildman–Crippen LogP) is 3.51. The highest BCUT2D eigenvalue weighted by Crippen LogP contribution is 2.30. The number of nitrogens with one attached hydrogen (secondary N) is 1. The minimum atomic E-state index is -0.696. The molecule has 3 amide bonds. The first-order valence-corrected chi connectivity index (χ1v) is 10.2. The molecule has 154 valence electrons. The highest BCUT2D eigenvalue weighted by atomic mass is 79.9. The molecule has 1 saturated heterocycles. The van der Waals surface area contributed by atoms with Crippen molar-refractivity contribution in [2.75, 3.05) is 32.5 Å². The zero-order chi connectivity index (χ0) is 21.0. The lowest BCUT2D eigenvalue weighted by Gasteiger charge is -2.35. The number of likely N-dealkylation sites (tertiary alicyclic amines) is 1. The Kier molecular flexibility index (Phi) is 7.57. The first-order valence-electron chi connectivity index (χ1n) is 9.37. The van der Waals surface area contributed by atoms with Crippen LogP contribution in [0.25, 0.3) is 0 Å². The largest absolute Gasteiger partial charge is 0.349 e. The molecule has 0 aromatic heterocycles. The zero-order valence-electron chi connectivity index (χ0n) is 16.7. The maximum absolute atomic E-state index is 14.8. The van der Waals surface area contributed by atoms with E-state index in [-0.39, 0.29) is 34.5 Å². The summed E-state index contributed by atoms with van der Waals surface area (Å²) >= 11 is 3.12. The van der Waals surface area contributed by atoms with Crippen LogP contribution in [0.15, 0.2) is 16.6 Å². The highest BCUT2D eigenvalue weighted by Gasteiger charge is 2.30. The van der Waals surface area contributed by atoms with Gasteiger partial charge in [0.2, 0.25) is 11.8 Å². The third-order valence-corrected chi connectivity index (χ3v) is 5.42. The fourth-order valence-corrected chi connectivity index (χ4v) is 3.84. The van der Waals surface area contributed by atoms with Crippen LogP contribution in [0.1, 0.15) is 43.5 Å². The monoisotopic (exact) mass is 455 g/mol. The van der Waals surface area contributed by atoms with Gasteiger partial charge in [-0.05, 0) is 46.3 Å². The molecule has 1 aliphatic heterocycles. The van der Waals surface area contributed by atoms with Gasteiger partial charge in [0.1, 0.15) is 0 Å². The molecule has 0 spiro atoms. The average molecular weight is 456 g/mol. The number of benzene rings is 1. The Bertz CT molecular complexity index is 759. The van der Waals surface area contributed by atoms with E-state index in [1.807, 2.05) is 0 Å². The lowest BCUT2D eigenvalue weighted by atomic mass is 9.91. The number of anilines is 1. The van der Waals surface area contributed by atoms with Gasteiger partial charge < -0.3 is 15.1 Å². The fraction of sp³-hybridized carbons (Fsp3) is 0.550. The molecule has 2 rings (SSSR count). The Hall–Kier alpha value is -1.96. The molecule has 1 aromatic rings. The molecule has 0 aliphatic carbocycles. The smallest absolute Gasteiger partial charge is 0.259 e. The molecule has 8 heteroatoms. The van der Waals surface area contributed by atoms with Crippen molar-refractivity contribution < 1.29 is 18.8 Å². The van der Waals surface area contributed by atoms with Gasteiger partial charge in [-0.25, -0.2) is 4.39 Å². The Morgan fingerprint density at radius 3 is 2.36 bits per heavy atom. The van der Waals surface area contributed by atoms with Gasteiger partial charge in [0, 0.05) is 40.0 Å². The topological polar surface area (TPSA) is 69.7 Å².